The van der Waals surface area contributed by atoms with E-state index in [1.54, 1.807) is 48.2 Å². The van der Waals surface area contributed by atoms with Crippen LogP contribution < -0.4 is 9.47 Å². The first-order chi connectivity index (χ1) is 17.9. The van der Waals surface area contributed by atoms with Crippen molar-refractivity contribution in [1.29, 1.82) is 0 Å². The van der Waals surface area contributed by atoms with Gasteiger partial charge in [-0.3, -0.25) is 0 Å². The Morgan fingerprint density at radius 3 is 2.22 bits per heavy atom. The Labute approximate surface area is 216 Å². The molecular weight excluding hydrogens is 493 g/mol. The second-order valence-electron chi connectivity index (χ2n) is 8.84. The van der Waals surface area contributed by atoms with E-state index in [2.05, 4.69) is 0 Å². The summed E-state index contributed by atoms with van der Waals surface area (Å²) in [6.45, 7) is 2.08. The molecule has 0 amide bonds. The van der Waals surface area contributed by atoms with Crippen molar-refractivity contribution in [3.63, 3.8) is 0 Å². The highest BCUT2D eigenvalue weighted by atomic mass is 32.2. The molecule has 7 nitrogen and oxygen atoms in total. The zero-order valence-corrected chi connectivity index (χ0v) is 21.5. The largest absolute Gasteiger partial charge is 0.497 e. The van der Waals surface area contributed by atoms with Crippen LogP contribution in [0.1, 0.15) is 31.0 Å². The molecule has 1 saturated carbocycles. The predicted octanol–water partition coefficient (Wildman–Crippen LogP) is 5.73. The minimum absolute atomic E-state index is 0.101. The first-order valence-corrected chi connectivity index (χ1v) is 13.6. The number of halogens is 1. The summed E-state index contributed by atoms with van der Waals surface area (Å²) in [4.78, 5) is 0.203. The molecule has 0 atom stereocenters. The molecule has 0 aliphatic heterocycles. The van der Waals surface area contributed by atoms with E-state index in [1.165, 1.54) is 16.4 Å². The third-order valence-corrected chi connectivity index (χ3v) is 8.23. The van der Waals surface area contributed by atoms with Crippen molar-refractivity contribution in [2.24, 2.45) is 0 Å². The van der Waals surface area contributed by atoms with Gasteiger partial charge in [-0.2, -0.15) is 9.40 Å². The van der Waals surface area contributed by atoms with Crippen molar-refractivity contribution in [1.82, 2.24) is 14.1 Å². The Morgan fingerprint density at radius 2 is 1.62 bits per heavy atom. The van der Waals surface area contributed by atoms with Gasteiger partial charge in [-0.15, -0.1) is 0 Å². The SMILES string of the molecule is CCc1nn(-c2ccccc2)c(Oc2ccc(F)cc2)c1CN(C1CC1)S(=O)(=O)c1ccc(OC)cc1. The average Bonchev–Trinajstić information content (AvgIpc) is 3.71. The zero-order valence-electron chi connectivity index (χ0n) is 20.7. The first kappa shape index (κ1) is 25.0. The summed E-state index contributed by atoms with van der Waals surface area (Å²) in [6.07, 6.45) is 2.16. The van der Waals surface area contributed by atoms with E-state index in [-0.39, 0.29) is 23.3 Å². The fourth-order valence-corrected chi connectivity index (χ4v) is 5.85. The summed E-state index contributed by atoms with van der Waals surface area (Å²) in [5, 5.41) is 4.80. The van der Waals surface area contributed by atoms with Crippen molar-refractivity contribution in [2.45, 2.75) is 43.7 Å². The highest BCUT2D eigenvalue weighted by Crippen LogP contribution is 2.38. The molecule has 9 heteroatoms. The van der Waals surface area contributed by atoms with Crippen LogP contribution in [0.2, 0.25) is 0 Å². The lowest BCUT2D eigenvalue weighted by molar-refractivity contribution is 0.383. The molecule has 1 heterocycles. The molecule has 0 unspecified atom stereocenters. The molecule has 3 aromatic carbocycles. The van der Waals surface area contributed by atoms with Crippen LogP contribution in [0.4, 0.5) is 4.39 Å². The summed E-state index contributed by atoms with van der Waals surface area (Å²) >= 11 is 0. The second-order valence-corrected chi connectivity index (χ2v) is 10.7. The predicted molar refractivity (Wildman–Crippen MR) is 138 cm³/mol. The van der Waals surface area contributed by atoms with E-state index in [1.807, 2.05) is 37.3 Å². The van der Waals surface area contributed by atoms with Crippen LogP contribution in [0, 0.1) is 5.82 Å². The Morgan fingerprint density at radius 1 is 0.973 bits per heavy atom. The van der Waals surface area contributed by atoms with Crippen molar-refractivity contribution < 1.29 is 22.3 Å². The Kier molecular flexibility index (Phi) is 6.99. The van der Waals surface area contributed by atoms with E-state index < -0.39 is 10.0 Å². The van der Waals surface area contributed by atoms with Gasteiger partial charge >= 0.3 is 0 Å². The molecule has 1 aromatic heterocycles. The lowest BCUT2D eigenvalue weighted by Gasteiger charge is -2.23. The number of methoxy groups -OCH3 is 1. The number of sulfonamides is 1. The average molecular weight is 522 g/mol. The van der Waals surface area contributed by atoms with Crippen LogP contribution in [0.25, 0.3) is 5.69 Å². The molecular formula is C28H28FN3O4S. The van der Waals surface area contributed by atoms with Gasteiger partial charge in [0.05, 0.1) is 29.0 Å². The van der Waals surface area contributed by atoms with Crippen LogP contribution in [0.3, 0.4) is 0 Å². The van der Waals surface area contributed by atoms with Gasteiger partial charge in [-0.05, 0) is 79.9 Å². The normalized spacial score (nSPS) is 13.6. The molecule has 1 aliphatic rings. The zero-order chi connectivity index (χ0) is 26.0. The first-order valence-electron chi connectivity index (χ1n) is 12.2. The highest BCUT2D eigenvalue weighted by molar-refractivity contribution is 7.89. The molecule has 0 N–H and O–H groups in total. The van der Waals surface area contributed by atoms with Crippen molar-refractivity contribution in [2.75, 3.05) is 7.11 Å². The van der Waals surface area contributed by atoms with E-state index in [9.17, 15) is 12.8 Å². The third kappa shape index (κ3) is 5.23. The molecule has 1 fully saturated rings. The number of ether oxygens (including phenoxy) is 2. The van der Waals surface area contributed by atoms with Crippen LogP contribution in [0.15, 0.2) is 83.8 Å². The minimum Gasteiger partial charge on any atom is -0.497 e. The van der Waals surface area contributed by atoms with Gasteiger partial charge in [-0.1, -0.05) is 25.1 Å². The number of aryl methyl sites for hydroxylation is 1. The van der Waals surface area contributed by atoms with Crippen molar-refractivity contribution in [3.8, 4) is 23.1 Å². The molecule has 37 heavy (non-hydrogen) atoms. The molecule has 0 saturated heterocycles. The molecule has 1 aliphatic carbocycles. The van der Waals surface area contributed by atoms with Gasteiger partial charge in [-0.25, -0.2) is 17.5 Å². The molecule has 5 rings (SSSR count). The number of hydrogen-bond donors (Lipinski definition) is 0. The van der Waals surface area contributed by atoms with E-state index in [0.29, 0.717) is 29.4 Å². The van der Waals surface area contributed by atoms with Crippen molar-refractivity contribution in [3.05, 3.63) is 95.9 Å². The van der Waals surface area contributed by atoms with Crippen LogP contribution in [-0.2, 0) is 23.0 Å². The summed E-state index contributed by atoms with van der Waals surface area (Å²) in [7, 11) is -2.26. The Hall–Kier alpha value is -3.69. The van der Waals surface area contributed by atoms with Crippen LogP contribution in [0.5, 0.6) is 17.4 Å². The fraction of sp³-hybridized carbons (Fsp3) is 0.250. The lowest BCUT2D eigenvalue weighted by atomic mass is 10.2. The Balaban J connectivity index is 1.59. The number of hydrogen-bond acceptors (Lipinski definition) is 5. The van der Waals surface area contributed by atoms with Gasteiger partial charge in [0.2, 0.25) is 15.9 Å². The molecule has 192 valence electrons. The summed E-state index contributed by atoms with van der Waals surface area (Å²) in [6, 6.07) is 21.6. The maximum Gasteiger partial charge on any atom is 0.243 e. The molecule has 0 spiro atoms. The maximum absolute atomic E-state index is 13.8. The van der Waals surface area contributed by atoms with Gasteiger partial charge in [0.15, 0.2) is 0 Å². The van der Waals surface area contributed by atoms with Crippen molar-refractivity contribution >= 4 is 10.0 Å². The Bertz CT molecular complexity index is 1470. The monoisotopic (exact) mass is 521 g/mol. The topological polar surface area (TPSA) is 73.7 Å². The van der Waals surface area contributed by atoms with Gasteiger partial charge in [0, 0.05) is 12.6 Å². The second kappa shape index (κ2) is 10.4. The maximum atomic E-state index is 13.8. The number of aromatic nitrogens is 2. The quantitative estimate of drug-likeness (QED) is 0.267. The highest BCUT2D eigenvalue weighted by Gasteiger charge is 2.40. The summed E-state index contributed by atoms with van der Waals surface area (Å²) in [5.74, 6) is 1.05. The van der Waals surface area contributed by atoms with Crippen LogP contribution >= 0.6 is 0 Å². The van der Waals surface area contributed by atoms with Gasteiger partial charge in [0.25, 0.3) is 0 Å². The van der Waals surface area contributed by atoms with Crippen LogP contribution in [-0.4, -0.2) is 35.7 Å². The van der Waals surface area contributed by atoms with Gasteiger partial charge < -0.3 is 9.47 Å². The number of nitrogens with zero attached hydrogens (tertiary/aromatic N) is 3. The fourth-order valence-electron chi connectivity index (χ4n) is 4.20. The third-order valence-electron chi connectivity index (χ3n) is 6.32. The summed E-state index contributed by atoms with van der Waals surface area (Å²) < 4.78 is 55.8. The molecule has 0 bridgehead atoms. The lowest BCUT2D eigenvalue weighted by Crippen LogP contribution is -2.33. The van der Waals surface area contributed by atoms with E-state index >= 15 is 0 Å². The van der Waals surface area contributed by atoms with Gasteiger partial charge in [0.1, 0.15) is 17.3 Å². The molecule has 4 aromatic rings. The smallest absolute Gasteiger partial charge is 0.243 e. The minimum atomic E-state index is -3.80. The number of para-hydroxylation sites is 1. The standard InChI is InChI=1S/C28H28FN3O4S/c1-3-27-26(19-31(21-11-12-21)37(33,34)25-17-15-23(35-2)16-18-25)28(36-24-13-9-20(29)10-14-24)32(30-27)22-7-5-4-6-8-22/h4-10,13-18,21H,3,11-12,19H2,1-2H3. The molecule has 0 radical (unpaired) electrons. The number of benzene rings is 3. The summed E-state index contributed by atoms with van der Waals surface area (Å²) in [5.41, 5.74) is 2.19. The number of rotatable bonds is 10. The van der Waals surface area contributed by atoms with E-state index in [0.717, 1.165) is 24.2 Å². The van der Waals surface area contributed by atoms with E-state index in [4.69, 9.17) is 14.6 Å².